The van der Waals surface area contributed by atoms with Crippen molar-refractivity contribution in [2.45, 2.75) is 19.5 Å². The van der Waals surface area contributed by atoms with Crippen molar-refractivity contribution in [1.29, 1.82) is 0 Å². The predicted octanol–water partition coefficient (Wildman–Crippen LogP) is 3.06. The Labute approximate surface area is 159 Å². The van der Waals surface area contributed by atoms with E-state index in [9.17, 15) is 4.79 Å². The second kappa shape index (κ2) is 9.32. The zero-order valence-corrected chi connectivity index (χ0v) is 15.8. The van der Waals surface area contributed by atoms with Gasteiger partial charge in [0, 0.05) is 10.4 Å². The lowest BCUT2D eigenvalue weighted by atomic mass is 10.1. The summed E-state index contributed by atoms with van der Waals surface area (Å²) in [7, 11) is 0. The smallest absolute Gasteiger partial charge is 0.275 e. The van der Waals surface area contributed by atoms with Crippen LogP contribution in [0.3, 0.4) is 0 Å². The molecule has 0 radical (unpaired) electrons. The van der Waals surface area contributed by atoms with Crippen molar-refractivity contribution in [3.63, 3.8) is 0 Å². The molecule has 3 rings (SSSR count). The van der Waals surface area contributed by atoms with E-state index >= 15 is 0 Å². The Morgan fingerprint density at radius 3 is 2.31 bits per heavy atom. The lowest BCUT2D eigenvalue weighted by Crippen LogP contribution is -3.11. The maximum absolute atomic E-state index is 12.8. The van der Waals surface area contributed by atoms with Gasteiger partial charge in [-0.2, -0.15) is 0 Å². The average molecular weight is 366 g/mol. The topological polar surface area (TPSA) is 33.5 Å². The largest absolute Gasteiger partial charge is 0.339 e. The number of carbonyl (C=O) groups excluding carboxylic acids is 1. The molecule has 3 nitrogen and oxygen atoms in total. The average Bonchev–Trinajstić information content (AvgIpc) is 3.21. The molecular formula is C22H25N2OS+. The number of rotatable bonds is 8. The molecule has 0 saturated heterocycles. The molecule has 1 unspecified atom stereocenters. The first-order chi connectivity index (χ1) is 12.8. The van der Waals surface area contributed by atoms with Crippen LogP contribution in [0.4, 0.5) is 0 Å². The normalized spacial score (nSPS) is 13.1. The first kappa shape index (κ1) is 18.4. The van der Waals surface area contributed by atoms with Gasteiger partial charge in [-0.3, -0.25) is 4.79 Å². The van der Waals surface area contributed by atoms with Gasteiger partial charge >= 0.3 is 0 Å². The van der Waals surface area contributed by atoms with Crippen molar-refractivity contribution >= 4 is 17.2 Å². The molecule has 0 aliphatic carbocycles. The van der Waals surface area contributed by atoms with Gasteiger partial charge in [-0.25, -0.2) is 0 Å². The summed E-state index contributed by atoms with van der Waals surface area (Å²) in [6, 6.07) is 24.5. The number of hydrogen-bond donors (Lipinski definition) is 2. The van der Waals surface area contributed by atoms with Crippen molar-refractivity contribution in [3.05, 3.63) is 94.2 Å². The number of likely N-dealkylation sites (N-methyl/N-ethyl adjacent to an activating group) is 1. The van der Waals surface area contributed by atoms with Crippen LogP contribution in [0.5, 0.6) is 0 Å². The molecule has 0 fully saturated rings. The van der Waals surface area contributed by atoms with E-state index in [4.69, 9.17) is 0 Å². The lowest BCUT2D eigenvalue weighted by molar-refractivity contribution is -0.904. The highest BCUT2D eigenvalue weighted by Gasteiger charge is 2.20. The molecule has 0 bridgehead atoms. The second-order valence-electron chi connectivity index (χ2n) is 6.37. The Balaban J connectivity index is 1.67. The Kier molecular flexibility index (Phi) is 6.58. The zero-order valence-electron chi connectivity index (χ0n) is 15.0. The molecule has 0 aliphatic rings. The fourth-order valence-corrected chi connectivity index (χ4v) is 3.86. The summed E-state index contributed by atoms with van der Waals surface area (Å²) in [4.78, 5) is 15.2. The van der Waals surface area contributed by atoms with Crippen LogP contribution in [0.2, 0.25) is 0 Å². The molecule has 2 atom stereocenters. The summed E-state index contributed by atoms with van der Waals surface area (Å²) in [5, 5.41) is 5.29. The van der Waals surface area contributed by atoms with Crippen molar-refractivity contribution in [3.8, 4) is 0 Å². The van der Waals surface area contributed by atoms with Crippen molar-refractivity contribution in [2.24, 2.45) is 0 Å². The number of thiophene rings is 1. The van der Waals surface area contributed by atoms with E-state index in [1.54, 1.807) is 11.3 Å². The van der Waals surface area contributed by atoms with Gasteiger partial charge in [-0.1, -0.05) is 66.7 Å². The van der Waals surface area contributed by atoms with Crippen LogP contribution in [0.25, 0.3) is 0 Å². The quantitative estimate of drug-likeness (QED) is 0.632. The van der Waals surface area contributed by atoms with E-state index in [2.05, 4.69) is 48.0 Å². The van der Waals surface area contributed by atoms with Crippen molar-refractivity contribution in [2.75, 3.05) is 13.1 Å². The molecule has 0 spiro atoms. The minimum Gasteiger partial charge on any atom is -0.339 e. The Hall–Kier alpha value is -2.43. The van der Waals surface area contributed by atoms with Crippen LogP contribution in [0.1, 0.15) is 29.0 Å². The standard InChI is InChI=1S/C22H24N2OS/c1-2-24(16-18-10-5-3-6-11-18)17-21(25)23-22(20-14-9-15-26-20)19-12-7-4-8-13-19/h3-15,22H,2,16-17H2,1H3,(H,23,25)/p+1/t22-/m0/s1. The molecule has 3 aromatic rings. The number of benzene rings is 2. The molecule has 2 N–H and O–H groups in total. The molecule has 26 heavy (non-hydrogen) atoms. The van der Waals surface area contributed by atoms with Crippen LogP contribution >= 0.6 is 11.3 Å². The maximum Gasteiger partial charge on any atom is 0.275 e. The van der Waals surface area contributed by atoms with Crippen LogP contribution < -0.4 is 10.2 Å². The molecule has 1 amide bonds. The number of hydrogen-bond acceptors (Lipinski definition) is 2. The van der Waals surface area contributed by atoms with Crippen LogP contribution in [-0.4, -0.2) is 19.0 Å². The first-order valence-corrected chi connectivity index (χ1v) is 9.89. The summed E-state index contributed by atoms with van der Waals surface area (Å²) < 4.78 is 0. The third-order valence-electron chi connectivity index (χ3n) is 4.47. The van der Waals surface area contributed by atoms with Gasteiger partial charge in [-0.15, -0.1) is 11.3 Å². The Bertz CT molecular complexity index is 788. The van der Waals surface area contributed by atoms with Gasteiger partial charge in [0.25, 0.3) is 5.91 Å². The van der Waals surface area contributed by atoms with Crippen LogP contribution in [0.15, 0.2) is 78.2 Å². The molecule has 2 aromatic carbocycles. The van der Waals surface area contributed by atoms with E-state index in [0.717, 1.165) is 23.5 Å². The van der Waals surface area contributed by atoms with Gasteiger partial charge in [0.15, 0.2) is 6.54 Å². The summed E-state index contributed by atoms with van der Waals surface area (Å²) in [6.07, 6.45) is 0. The van der Waals surface area contributed by atoms with Crippen molar-refractivity contribution < 1.29 is 9.69 Å². The molecule has 0 saturated carbocycles. The highest BCUT2D eigenvalue weighted by molar-refractivity contribution is 7.10. The number of nitrogens with one attached hydrogen (secondary N) is 2. The highest BCUT2D eigenvalue weighted by atomic mass is 32.1. The summed E-state index contributed by atoms with van der Waals surface area (Å²) in [5.41, 5.74) is 2.37. The summed E-state index contributed by atoms with van der Waals surface area (Å²) in [5.74, 6) is 0.0834. The Morgan fingerprint density at radius 2 is 1.69 bits per heavy atom. The van der Waals surface area contributed by atoms with E-state index < -0.39 is 0 Å². The van der Waals surface area contributed by atoms with Gasteiger partial charge in [0.05, 0.1) is 12.6 Å². The fraction of sp³-hybridized carbons (Fsp3) is 0.227. The number of quaternary nitrogens is 1. The Morgan fingerprint density at radius 1 is 1.00 bits per heavy atom. The molecule has 0 aliphatic heterocycles. The van der Waals surface area contributed by atoms with Crippen LogP contribution in [0, 0.1) is 0 Å². The van der Waals surface area contributed by atoms with Crippen LogP contribution in [-0.2, 0) is 11.3 Å². The van der Waals surface area contributed by atoms with E-state index in [-0.39, 0.29) is 11.9 Å². The van der Waals surface area contributed by atoms with E-state index in [1.807, 2.05) is 42.5 Å². The third kappa shape index (κ3) is 5.04. The minimum atomic E-state index is -0.0847. The van der Waals surface area contributed by atoms with Crippen molar-refractivity contribution in [1.82, 2.24) is 5.32 Å². The molecule has 1 heterocycles. The number of amides is 1. The molecule has 1 aromatic heterocycles. The fourth-order valence-electron chi connectivity index (χ4n) is 3.06. The van der Waals surface area contributed by atoms with E-state index in [0.29, 0.717) is 6.54 Å². The van der Waals surface area contributed by atoms with E-state index in [1.165, 1.54) is 10.5 Å². The summed E-state index contributed by atoms with van der Waals surface area (Å²) in [6.45, 7) is 4.37. The molecule has 4 heteroatoms. The monoisotopic (exact) mass is 365 g/mol. The van der Waals surface area contributed by atoms with Gasteiger partial charge in [0.1, 0.15) is 6.54 Å². The SMILES string of the molecule is CC[NH+](CC(=O)N[C@@H](c1ccccc1)c1cccs1)Cc1ccccc1. The number of carbonyl (C=O) groups is 1. The molecular weight excluding hydrogens is 340 g/mol. The maximum atomic E-state index is 12.8. The second-order valence-corrected chi connectivity index (χ2v) is 7.35. The van der Waals surface area contributed by atoms with Gasteiger partial charge < -0.3 is 10.2 Å². The van der Waals surface area contributed by atoms with Gasteiger partial charge in [0.2, 0.25) is 0 Å². The predicted molar refractivity (Wildman–Crippen MR) is 107 cm³/mol. The minimum absolute atomic E-state index is 0.0834. The zero-order chi connectivity index (χ0) is 18.2. The molecule has 134 valence electrons. The summed E-state index contributed by atoms with van der Waals surface area (Å²) >= 11 is 1.67. The van der Waals surface area contributed by atoms with Gasteiger partial charge in [-0.05, 0) is 23.9 Å². The first-order valence-electron chi connectivity index (χ1n) is 9.01. The highest BCUT2D eigenvalue weighted by Crippen LogP contribution is 2.25. The lowest BCUT2D eigenvalue weighted by Gasteiger charge is -2.21. The third-order valence-corrected chi connectivity index (χ3v) is 5.41.